The maximum atomic E-state index is 12.8. The van der Waals surface area contributed by atoms with Crippen molar-refractivity contribution < 1.29 is 18.7 Å². The van der Waals surface area contributed by atoms with Gasteiger partial charge in [0.2, 0.25) is 0 Å². The van der Waals surface area contributed by atoms with Crippen LogP contribution < -0.4 is 0 Å². The molecule has 0 bridgehead atoms. The zero-order valence-corrected chi connectivity index (χ0v) is 13.3. The van der Waals surface area contributed by atoms with Gasteiger partial charge in [-0.2, -0.15) is 0 Å². The van der Waals surface area contributed by atoms with Crippen molar-refractivity contribution in [1.29, 1.82) is 0 Å². The molecular weight excluding hydrogens is 282 g/mol. The van der Waals surface area contributed by atoms with Crippen LogP contribution in [0.3, 0.4) is 0 Å². The number of Topliss-reactive ketones (excluding diaryl/α,β-unsaturated/α-hetero) is 1. The normalized spacial score (nSPS) is 21.0. The summed E-state index contributed by atoms with van der Waals surface area (Å²) in [5, 5.41) is 0. The lowest BCUT2D eigenvalue weighted by Crippen LogP contribution is -2.35. The Morgan fingerprint density at radius 1 is 1.36 bits per heavy atom. The highest BCUT2D eigenvalue weighted by atomic mass is 16.5. The lowest BCUT2D eigenvalue weighted by Gasteiger charge is -2.23. The molecule has 0 aromatic carbocycles. The average molecular weight is 305 g/mol. The molecule has 1 aromatic rings. The zero-order valence-electron chi connectivity index (χ0n) is 13.3. The van der Waals surface area contributed by atoms with E-state index in [1.165, 1.54) is 0 Å². The van der Waals surface area contributed by atoms with Crippen LogP contribution in [-0.2, 0) is 11.2 Å². The number of aryl methyl sites for hydroxylation is 1. The number of fused-ring (bicyclic) bond motifs is 1. The molecule has 22 heavy (non-hydrogen) atoms. The van der Waals surface area contributed by atoms with Gasteiger partial charge in [0.25, 0.3) is 5.91 Å². The van der Waals surface area contributed by atoms with Gasteiger partial charge in [-0.05, 0) is 26.7 Å². The zero-order chi connectivity index (χ0) is 15.7. The molecule has 2 aliphatic rings. The third kappa shape index (κ3) is 2.70. The van der Waals surface area contributed by atoms with Crippen molar-refractivity contribution in [3.63, 3.8) is 0 Å². The van der Waals surface area contributed by atoms with Crippen LogP contribution >= 0.6 is 0 Å². The number of carbonyl (C=O) groups excluding carboxylic acids is 2. The number of rotatable bonds is 4. The quantitative estimate of drug-likeness (QED) is 0.858. The predicted molar refractivity (Wildman–Crippen MR) is 81.2 cm³/mol. The molecule has 5 nitrogen and oxygen atoms in total. The molecule has 2 heterocycles. The largest absolute Gasteiger partial charge is 0.455 e. The van der Waals surface area contributed by atoms with Crippen molar-refractivity contribution in [2.75, 3.05) is 26.3 Å². The van der Waals surface area contributed by atoms with Gasteiger partial charge in [-0.3, -0.25) is 9.59 Å². The summed E-state index contributed by atoms with van der Waals surface area (Å²) in [6.07, 6.45) is 3.11. The molecule has 0 N–H and O–H groups in total. The van der Waals surface area contributed by atoms with Crippen LogP contribution in [0, 0.1) is 12.8 Å². The van der Waals surface area contributed by atoms with E-state index in [1.54, 1.807) is 4.90 Å². The Morgan fingerprint density at radius 2 is 2.18 bits per heavy atom. The predicted octanol–water partition coefficient (Wildman–Crippen LogP) is 2.61. The summed E-state index contributed by atoms with van der Waals surface area (Å²) < 4.78 is 11.2. The number of amides is 1. The lowest BCUT2D eigenvalue weighted by atomic mass is 9.94. The Morgan fingerprint density at radius 3 is 2.82 bits per heavy atom. The fourth-order valence-electron chi connectivity index (χ4n) is 3.39. The summed E-state index contributed by atoms with van der Waals surface area (Å²) in [4.78, 5) is 26.7. The smallest absolute Gasteiger partial charge is 0.289 e. The standard InChI is InChI=1S/C17H23NO4/c1-3-18(9-12-7-8-21-10-12)17(20)16-11(2)15-13(19)5-4-6-14(15)22-16/h12H,3-10H2,1-2H3. The number of carbonyl (C=O) groups is 2. The number of furan rings is 1. The molecule has 1 aliphatic carbocycles. The van der Waals surface area contributed by atoms with Gasteiger partial charge in [-0.25, -0.2) is 0 Å². The number of ether oxygens (including phenoxy) is 1. The first-order valence-corrected chi connectivity index (χ1v) is 8.14. The first-order valence-electron chi connectivity index (χ1n) is 8.14. The fourth-order valence-corrected chi connectivity index (χ4v) is 3.39. The van der Waals surface area contributed by atoms with E-state index in [9.17, 15) is 9.59 Å². The van der Waals surface area contributed by atoms with E-state index in [0.717, 1.165) is 32.5 Å². The molecular formula is C17H23NO4. The highest BCUT2D eigenvalue weighted by Gasteiger charge is 2.31. The second-order valence-corrected chi connectivity index (χ2v) is 6.20. The Bertz CT molecular complexity index is 584. The highest BCUT2D eigenvalue weighted by Crippen LogP contribution is 2.30. The molecule has 1 amide bonds. The molecule has 5 heteroatoms. The Kier molecular flexibility index (Phi) is 4.34. The average Bonchev–Trinajstić information content (AvgIpc) is 3.13. The van der Waals surface area contributed by atoms with Gasteiger partial charge >= 0.3 is 0 Å². The summed E-state index contributed by atoms with van der Waals surface area (Å²) in [5.74, 6) is 1.44. The molecule has 0 saturated carbocycles. The molecule has 1 atom stereocenters. The van der Waals surface area contributed by atoms with Crippen molar-refractivity contribution in [2.24, 2.45) is 5.92 Å². The van der Waals surface area contributed by atoms with E-state index < -0.39 is 0 Å². The number of hydrogen-bond acceptors (Lipinski definition) is 4. The van der Waals surface area contributed by atoms with Gasteiger partial charge < -0.3 is 14.1 Å². The van der Waals surface area contributed by atoms with Crippen LogP contribution in [0.25, 0.3) is 0 Å². The molecule has 1 unspecified atom stereocenters. The summed E-state index contributed by atoms with van der Waals surface area (Å²) in [6.45, 7) is 6.61. The molecule has 0 spiro atoms. The second kappa shape index (κ2) is 6.24. The van der Waals surface area contributed by atoms with Crippen LogP contribution in [0.4, 0.5) is 0 Å². The van der Waals surface area contributed by atoms with Crippen LogP contribution in [0.15, 0.2) is 4.42 Å². The lowest BCUT2D eigenvalue weighted by molar-refractivity contribution is 0.0695. The maximum Gasteiger partial charge on any atom is 0.289 e. The van der Waals surface area contributed by atoms with Gasteiger partial charge in [0.05, 0.1) is 12.2 Å². The van der Waals surface area contributed by atoms with Crippen molar-refractivity contribution in [3.8, 4) is 0 Å². The van der Waals surface area contributed by atoms with Crippen LogP contribution in [0.1, 0.15) is 58.4 Å². The molecule has 3 rings (SSSR count). The Labute approximate surface area is 130 Å². The van der Waals surface area contributed by atoms with E-state index in [-0.39, 0.29) is 11.7 Å². The third-order valence-corrected chi connectivity index (χ3v) is 4.67. The number of hydrogen-bond donors (Lipinski definition) is 0. The molecule has 0 radical (unpaired) electrons. The van der Waals surface area contributed by atoms with E-state index in [2.05, 4.69) is 0 Å². The minimum Gasteiger partial charge on any atom is -0.455 e. The molecule has 1 fully saturated rings. The van der Waals surface area contributed by atoms with E-state index in [4.69, 9.17) is 9.15 Å². The Balaban J connectivity index is 1.82. The third-order valence-electron chi connectivity index (χ3n) is 4.67. The summed E-state index contributed by atoms with van der Waals surface area (Å²) in [6, 6.07) is 0. The molecule has 1 saturated heterocycles. The molecule has 120 valence electrons. The van der Waals surface area contributed by atoms with Gasteiger partial charge in [0, 0.05) is 44.0 Å². The van der Waals surface area contributed by atoms with Gasteiger partial charge in [-0.1, -0.05) is 0 Å². The SMILES string of the molecule is CCN(CC1CCOC1)C(=O)c1oc2c(c1C)C(=O)CCC2. The maximum absolute atomic E-state index is 12.8. The van der Waals surface area contributed by atoms with Crippen LogP contribution in [0.5, 0.6) is 0 Å². The van der Waals surface area contributed by atoms with Crippen molar-refractivity contribution in [3.05, 3.63) is 22.6 Å². The summed E-state index contributed by atoms with van der Waals surface area (Å²) in [5.41, 5.74) is 1.36. The first-order chi connectivity index (χ1) is 10.6. The minimum absolute atomic E-state index is 0.103. The van der Waals surface area contributed by atoms with Crippen LogP contribution in [0.2, 0.25) is 0 Å². The topological polar surface area (TPSA) is 59.8 Å². The summed E-state index contributed by atoms with van der Waals surface area (Å²) >= 11 is 0. The van der Waals surface area contributed by atoms with Gasteiger partial charge in [0.15, 0.2) is 11.5 Å². The summed E-state index contributed by atoms with van der Waals surface area (Å²) in [7, 11) is 0. The van der Waals surface area contributed by atoms with E-state index >= 15 is 0 Å². The second-order valence-electron chi connectivity index (χ2n) is 6.20. The Hall–Kier alpha value is -1.62. The number of ketones is 1. The molecule has 1 aliphatic heterocycles. The van der Waals surface area contributed by atoms with Crippen molar-refractivity contribution in [1.82, 2.24) is 4.90 Å². The van der Waals surface area contributed by atoms with Crippen LogP contribution in [-0.4, -0.2) is 42.9 Å². The number of nitrogens with zero attached hydrogens (tertiary/aromatic N) is 1. The molecule has 1 aromatic heterocycles. The van der Waals surface area contributed by atoms with E-state index in [0.29, 0.717) is 48.1 Å². The first kappa shape index (κ1) is 15.3. The monoisotopic (exact) mass is 305 g/mol. The van der Waals surface area contributed by atoms with Gasteiger partial charge in [0.1, 0.15) is 5.76 Å². The van der Waals surface area contributed by atoms with Gasteiger partial charge in [-0.15, -0.1) is 0 Å². The van der Waals surface area contributed by atoms with Crippen molar-refractivity contribution in [2.45, 2.75) is 39.5 Å². The van der Waals surface area contributed by atoms with Crippen molar-refractivity contribution >= 4 is 11.7 Å². The highest BCUT2D eigenvalue weighted by molar-refractivity contribution is 6.03. The minimum atomic E-state index is -0.103. The fraction of sp³-hybridized carbons (Fsp3) is 0.647. The van der Waals surface area contributed by atoms with E-state index in [1.807, 2.05) is 13.8 Å².